The first-order valence-corrected chi connectivity index (χ1v) is 8.18. The second kappa shape index (κ2) is 6.38. The van der Waals surface area contributed by atoms with Gasteiger partial charge in [-0.15, -0.1) is 0 Å². The van der Waals surface area contributed by atoms with Gasteiger partial charge in [-0.3, -0.25) is 0 Å². The molecule has 0 unspecified atom stereocenters. The number of rotatable bonds is 3. The minimum Gasteiger partial charge on any atom is -0.456 e. The smallest absolute Gasteiger partial charge is 0.135 e. The van der Waals surface area contributed by atoms with Gasteiger partial charge in [-0.1, -0.05) is 78.4 Å². The normalized spacial score (nSPS) is 11.4. The van der Waals surface area contributed by atoms with E-state index in [4.69, 9.17) is 16.0 Å². The van der Waals surface area contributed by atoms with E-state index < -0.39 is 0 Å². The van der Waals surface area contributed by atoms with Gasteiger partial charge in [0.2, 0.25) is 0 Å². The third kappa shape index (κ3) is 3.12. The van der Waals surface area contributed by atoms with Crippen molar-refractivity contribution in [3.8, 4) is 11.3 Å². The Morgan fingerprint density at radius 1 is 0.708 bits per heavy atom. The Labute approximate surface area is 145 Å². The molecule has 2 heteroatoms. The predicted octanol–water partition coefficient (Wildman–Crippen LogP) is 6.92. The maximum Gasteiger partial charge on any atom is 0.135 e. The minimum atomic E-state index is 0.752. The molecule has 0 aliphatic carbocycles. The first kappa shape index (κ1) is 14.8. The molecule has 4 rings (SSSR count). The van der Waals surface area contributed by atoms with Gasteiger partial charge in [0.05, 0.1) is 0 Å². The first-order chi connectivity index (χ1) is 11.8. The standard InChI is InChI=1S/C22H15ClO/c23-20-13-9-17(10-14-20)6-5-16-7-11-18(12-8-16)22-15-19-3-1-2-4-21(19)24-22/h1-15H. The third-order valence-corrected chi connectivity index (χ3v) is 4.21. The van der Waals surface area contributed by atoms with Crippen LogP contribution in [0.4, 0.5) is 0 Å². The molecular weight excluding hydrogens is 316 g/mol. The summed E-state index contributed by atoms with van der Waals surface area (Å²) in [6, 6.07) is 26.3. The second-order valence-corrected chi connectivity index (χ2v) is 6.09. The van der Waals surface area contributed by atoms with Crippen LogP contribution in [-0.4, -0.2) is 0 Å². The Balaban J connectivity index is 1.57. The van der Waals surface area contributed by atoms with E-state index in [9.17, 15) is 0 Å². The summed E-state index contributed by atoms with van der Waals surface area (Å²) in [6.45, 7) is 0. The van der Waals surface area contributed by atoms with Crippen LogP contribution >= 0.6 is 11.6 Å². The largest absolute Gasteiger partial charge is 0.456 e. The molecule has 1 nitrogen and oxygen atoms in total. The van der Waals surface area contributed by atoms with Crippen molar-refractivity contribution in [3.63, 3.8) is 0 Å². The summed E-state index contributed by atoms with van der Waals surface area (Å²) in [6.07, 6.45) is 4.16. The highest BCUT2D eigenvalue weighted by Crippen LogP contribution is 2.28. The molecule has 1 heterocycles. The number of fused-ring (bicyclic) bond motifs is 1. The van der Waals surface area contributed by atoms with Crippen molar-refractivity contribution >= 4 is 34.7 Å². The summed E-state index contributed by atoms with van der Waals surface area (Å²) in [5, 5.41) is 1.88. The molecular formula is C22H15ClO. The Morgan fingerprint density at radius 3 is 2.00 bits per heavy atom. The molecule has 0 spiro atoms. The van der Waals surface area contributed by atoms with Crippen LogP contribution in [0.5, 0.6) is 0 Å². The summed E-state index contributed by atoms with van der Waals surface area (Å²) >= 11 is 5.90. The van der Waals surface area contributed by atoms with Crippen LogP contribution < -0.4 is 0 Å². The average Bonchev–Trinajstić information content (AvgIpc) is 3.06. The van der Waals surface area contributed by atoms with Crippen LogP contribution in [0.3, 0.4) is 0 Å². The molecule has 24 heavy (non-hydrogen) atoms. The van der Waals surface area contributed by atoms with Gasteiger partial charge in [0.25, 0.3) is 0 Å². The summed E-state index contributed by atoms with van der Waals surface area (Å²) < 4.78 is 5.90. The van der Waals surface area contributed by atoms with E-state index in [1.807, 2.05) is 42.5 Å². The van der Waals surface area contributed by atoms with Crippen molar-refractivity contribution < 1.29 is 4.42 Å². The molecule has 0 atom stereocenters. The van der Waals surface area contributed by atoms with Crippen LogP contribution in [-0.2, 0) is 0 Å². The lowest BCUT2D eigenvalue weighted by Gasteiger charge is -1.99. The van der Waals surface area contributed by atoms with Crippen LogP contribution in [0.1, 0.15) is 11.1 Å². The van der Waals surface area contributed by atoms with E-state index in [-0.39, 0.29) is 0 Å². The molecule has 3 aromatic carbocycles. The van der Waals surface area contributed by atoms with Crippen molar-refractivity contribution in [2.45, 2.75) is 0 Å². The number of furan rings is 1. The van der Waals surface area contributed by atoms with Crippen LogP contribution in [0.25, 0.3) is 34.4 Å². The van der Waals surface area contributed by atoms with Crippen LogP contribution in [0.2, 0.25) is 5.02 Å². The zero-order chi connectivity index (χ0) is 16.4. The molecule has 0 fully saturated rings. The van der Waals surface area contributed by atoms with E-state index in [1.165, 1.54) is 0 Å². The fourth-order valence-electron chi connectivity index (χ4n) is 2.65. The van der Waals surface area contributed by atoms with E-state index >= 15 is 0 Å². The molecule has 0 bridgehead atoms. The Kier molecular flexibility index (Phi) is 3.94. The van der Waals surface area contributed by atoms with Crippen LogP contribution in [0.15, 0.2) is 83.3 Å². The maximum atomic E-state index is 5.90. The fraction of sp³-hybridized carbons (Fsp3) is 0. The second-order valence-electron chi connectivity index (χ2n) is 5.66. The van der Waals surface area contributed by atoms with Crippen molar-refractivity contribution in [2.24, 2.45) is 0 Å². The summed E-state index contributed by atoms with van der Waals surface area (Å²) in [4.78, 5) is 0. The molecule has 4 aromatic rings. The molecule has 0 aliphatic heterocycles. The Bertz CT molecular complexity index is 959. The van der Waals surface area contributed by atoms with Gasteiger partial charge < -0.3 is 4.42 Å². The third-order valence-electron chi connectivity index (χ3n) is 3.96. The monoisotopic (exact) mass is 330 g/mol. The lowest BCUT2D eigenvalue weighted by atomic mass is 10.1. The average molecular weight is 331 g/mol. The van der Waals surface area contributed by atoms with Crippen molar-refractivity contribution in [1.82, 2.24) is 0 Å². The Morgan fingerprint density at radius 2 is 1.33 bits per heavy atom. The van der Waals surface area contributed by atoms with Crippen molar-refractivity contribution in [2.75, 3.05) is 0 Å². The van der Waals surface area contributed by atoms with E-state index in [2.05, 4.69) is 48.6 Å². The predicted molar refractivity (Wildman–Crippen MR) is 102 cm³/mol. The van der Waals surface area contributed by atoms with Crippen molar-refractivity contribution in [3.05, 3.63) is 95.0 Å². The van der Waals surface area contributed by atoms with Gasteiger partial charge in [-0.05, 0) is 35.4 Å². The highest BCUT2D eigenvalue weighted by molar-refractivity contribution is 6.30. The molecule has 1 aromatic heterocycles. The quantitative estimate of drug-likeness (QED) is 0.371. The van der Waals surface area contributed by atoms with Gasteiger partial charge in [-0.2, -0.15) is 0 Å². The molecule has 0 saturated carbocycles. The Hall–Kier alpha value is -2.77. The topological polar surface area (TPSA) is 13.1 Å². The SMILES string of the molecule is Clc1ccc(C=Cc2ccc(-c3cc4ccccc4o3)cc2)cc1. The van der Waals surface area contributed by atoms with Gasteiger partial charge >= 0.3 is 0 Å². The number of benzene rings is 3. The first-order valence-electron chi connectivity index (χ1n) is 7.81. The number of hydrogen-bond donors (Lipinski definition) is 0. The summed E-state index contributed by atoms with van der Waals surface area (Å²) in [7, 11) is 0. The minimum absolute atomic E-state index is 0.752. The maximum absolute atomic E-state index is 5.90. The van der Waals surface area contributed by atoms with Gasteiger partial charge in [0.15, 0.2) is 0 Å². The molecule has 0 aliphatic rings. The van der Waals surface area contributed by atoms with Crippen molar-refractivity contribution in [1.29, 1.82) is 0 Å². The number of para-hydroxylation sites is 1. The molecule has 0 radical (unpaired) electrons. The summed E-state index contributed by atoms with van der Waals surface area (Å²) in [5.41, 5.74) is 4.26. The summed E-state index contributed by atoms with van der Waals surface area (Å²) in [5.74, 6) is 0.893. The number of halogens is 1. The molecule has 0 amide bonds. The fourth-order valence-corrected chi connectivity index (χ4v) is 2.77. The lowest BCUT2D eigenvalue weighted by Crippen LogP contribution is -1.76. The molecule has 116 valence electrons. The highest BCUT2D eigenvalue weighted by Gasteiger charge is 2.05. The number of hydrogen-bond acceptors (Lipinski definition) is 1. The zero-order valence-electron chi connectivity index (χ0n) is 12.9. The van der Waals surface area contributed by atoms with Gasteiger partial charge in [-0.25, -0.2) is 0 Å². The van der Waals surface area contributed by atoms with E-state index in [0.29, 0.717) is 0 Å². The van der Waals surface area contributed by atoms with Gasteiger partial charge in [0, 0.05) is 16.0 Å². The van der Waals surface area contributed by atoms with Crippen LogP contribution in [0, 0.1) is 0 Å². The molecule has 0 N–H and O–H groups in total. The molecule has 0 saturated heterocycles. The van der Waals surface area contributed by atoms with E-state index in [0.717, 1.165) is 38.4 Å². The van der Waals surface area contributed by atoms with E-state index in [1.54, 1.807) is 0 Å². The lowest BCUT2D eigenvalue weighted by molar-refractivity contribution is 0.631. The highest BCUT2D eigenvalue weighted by atomic mass is 35.5. The van der Waals surface area contributed by atoms with Gasteiger partial charge in [0.1, 0.15) is 11.3 Å². The zero-order valence-corrected chi connectivity index (χ0v) is 13.7.